The Kier molecular flexibility index (Phi) is 6.36. The van der Waals surface area contributed by atoms with E-state index in [0.29, 0.717) is 15.8 Å². The van der Waals surface area contributed by atoms with Crippen LogP contribution in [0.5, 0.6) is 0 Å². The molecule has 8 heteroatoms. The molecular weight excluding hydrogens is 409 g/mol. The van der Waals surface area contributed by atoms with Gasteiger partial charge in [0.05, 0.1) is 17.9 Å². The normalized spacial score (nSPS) is 17.3. The summed E-state index contributed by atoms with van der Waals surface area (Å²) in [6.07, 6.45) is -2.83. The molecule has 1 aromatic heterocycles. The van der Waals surface area contributed by atoms with Crippen molar-refractivity contribution in [1.29, 1.82) is 0 Å². The van der Waals surface area contributed by atoms with Crippen molar-refractivity contribution in [2.75, 3.05) is 26.2 Å². The summed E-state index contributed by atoms with van der Waals surface area (Å²) < 4.78 is 45.3. The Morgan fingerprint density at radius 3 is 2.46 bits per heavy atom. The smallest absolute Gasteiger partial charge is 0.416 e. The number of nitrogens with zero attached hydrogens (tertiary/aromatic N) is 1. The number of piperazine rings is 1. The molecule has 0 bridgehead atoms. The molecule has 0 aliphatic carbocycles. The van der Waals surface area contributed by atoms with Gasteiger partial charge in [0.2, 0.25) is 0 Å². The molecule has 0 amide bonds. The lowest BCUT2D eigenvalue weighted by molar-refractivity contribution is -0.137. The summed E-state index contributed by atoms with van der Waals surface area (Å²) in [6.45, 7) is 3.10. The molecule has 3 rings (SSSR count). The molecule has 1 aliphatic rings. The number of benzene rings is 1. The van der Waals surface area contributed by atoms with Gasteiger partial charge in [-0.3, -0.25) is 4.90 Å². The maximum atomic E-state index is 13.1. The topological polar surface area (TPSA) is 28.4 Å². The first-order valence-electron chi connectivity index (χ1n) is 7.31. The summed E-state index contributed by atoms with van der Waals surface area (Å²) in [6, 6.07) is 7.27. The average molecular weight is 426 g/mol. The van der Waals surface area contributed by atoms with E-state index >= 15 is 0 Å². The second-order valence-electron chi connectivity index (χ2n) is 5.47. The van der Waals surface area contributed by atoms with E-state index in [1.54, 1.807) is 24.5 Å². The zero-order valence-electron chi connectivity index (χ0n) is 12.6. The highest BCUT2D eigenvalue weighted by Crippen LogP contribution is 2.37. The fourth-order valence-corrected chi connectivity index (χ4v) is 3.39. The fourth-order valence-electron chi connectivity index (χ4n) is 2.88. The summed E-state index contributed by atoms with van der Waals surface area (Å²) in [4.78, 5) is 2.14. The van der Waals surface area contributed by atoms with E-state index in [1.165, 1.54) is 6.07 Å². The Hall–Kier alpha value is -1.02. The summed E-state index contributed by atoms with van der Waals surface area (Å²) in [5, 5.41) is 3.25. The lowest BCUT2D eigenvalue weighted by Gasteiger charge is -2.34. The van der Waals surface area contributed by atoms with Gasteiger partial charge in [0.15, 0.2) is 0 Å². The van der Waals surface area contributed by atoms with E-state index in [0.717, 1.165) is 32.2 Å². The molecule has 0 radical (unpaired) electrons. The summed E-state index contributed by atoms with van der Waals surface area (Å²) in [5.74, 6) is 0.651. The van der Waals surface area contributed by atoms with Gasteiger partial charge in [0, 0.05) is 30.7 Å². The molecule has 1 aliphatic heterocycles. The first-order chi connectivity index (χ1) is 10.9. The van der Waals surface area contributed by atoms with E-state index in [-0.39, 0.29) is 18.4 Å². The van der Waals surface area contributed by atoms with Gasteiger partial charge in [-0.25, -0.2) is 0 Å². The molecular formula is C16H17BrClF3N2O. The molecule has 1 atom stereocenters. The fraction of sp³-hybridized carbons (Fsp3) is 0.375. The van der Waals surface area contributed by atoms with E-state index in [2.05, 4.69) is 26.1 Å². The molecule has 24 heavy (non-hydrogen) atoms. The van der Waals surface area contributed by atoms with Crippen molar-refractivity contribution in [1.82, 2.24) is 10.2 Å². The SMILES string of the molecule is Cl.FC(F)(F)c1cc(Br)cc([C@H](c2ccco2)N2CCNCC2)c1. The Morgan fingerprint density at radius 1 is 1.17 bits per heavy atom. The molecule has 1 fully saturated rings. The highest BCUT2D eigenvalue weighted by Gasteiger charge is 2.33. The Balaban J connectivity index is 0.00000208. The van der Waals surface area contributed by atoms with Crippen LogP contribution in [-0.4, -0.2) is 31.1 Å². The molecule has 1 aromatic carbocycles. The molecule has 3 nitrogen and oxygen atoms in total. The molecule has 0 spiro atoms. The standard InChI is InChI=1S/C16H16BrF3N2O.ClH/c17-13-9-11(8-12(10-13)16(18,19)20)15(14-2-1-7-23-14)22-5-3-21-4-6-22;/h1-2,7-10,15,21H,3-6H2;1H/t15-;/m1./s1. The summed E-state index contributed by atoms with van der Waals surface area (Å²) >= 11 is 3.20. The van der Waals surface area contributed by atoms with E-state index in [4.69, 9.17) is 4.42 Å². The lowest BCUT2D eigenvalue weighted by atomic mass is 9.99. The van der Waals surface area contributed by atoms with Crippen LogP contribution in [0.3, 0.4) is 0 Å². The van der Waals surface area contributed by atoms with Crippen LogP contribution in [0.2, 0.25) is 0 Å². The van der Waals surface area contributed by atoms with Gasteiger partial charge in [-0.2, -0.15) is 13.2 Å². The van der Waals surface area contributed by atoms with Crippen LogP contribution in [0.25, 0.3) is 0 Å². The lowest BCUT2D eigenvalue weighted by Crippen LogP contribution is -2.45. The Labute approximate surface area is 152 Å². The van der Waals surface area contributed by atoms with Crippen LogP contribution in [-0.2, 0) is 6.18 Å². The van der Waals surface area contributed by atoms with Crippen molar-refractivity contribution in [3.63, 3.8) is 0 Å². The predicted molar refractivity (Wildman–Crippen MR) is 91.4 cm³/mol. The Morgan fingerprint density at radius 2 is 1.88 bits per heavy atom. The van der Waals surface area contributed by atoms with Crippen molar-refractivity contribution in [3.8, 4) is 0 Å². The highest BCUT2D eigenvalue weighted by molar-refractivity contribution is 9.10. The van der Waals surface area contributed by atoms with Crippen molar-refractivity contribution >= 4 is 28.3 Å². The first kappa shape index (κ1) is 19.3. The van der Waals surface area contributed by atoms with E-state index in [1.807, 2.05) is 0 Å². The van der Waals surface area contributed by atoms with Gasteiger partial charge in [0.25, 0.3) is 0 Å². The molecule has 132 valence electrons. The zero-order valence-corrected chi connectivity index (χ0v) is 15.0. The quantitative estimate of drug-likeness (QED) is 0.786. The van der Waals surface area contributed by atoms with Crippen molar-refractivity contribution in [2.45, 2.75) is 12.2 Å². The second kappa shape index (κ2) is 7.91. The largest absolute Gasteiger partial charge is 0.467 e. The second-order valence-corrected chi connectivity index (χ2v) is 6.39. The number of rotatable bonds is 3. The third-order valence-corrected chi connectivity index (χ3v) is 4.35. The molecule has 0 saturated carbocycles. The van der Waals surface area contributed by atoms with E-state index in [9.17, 15) is 13.2 Å². The minimum absolute atomic E-state index is 0. The van der Waals surface area contributed by atoms with Crippen molar-refractivity contribution < 1.29 is 17.6 Å². The molecule has 1 saturated heterocycles. The minimum atomic E-state index is -4.38. The molecule has 2 heterocycles. The zero-order chi connectivity index (χ0) is 16.4. The number of nitrogens with one attached hydrogen (secondary N) is 1. The van der Waals surface area contributed by atoms with Gasteiger partial charge in [-0.15, -0.1) is 12.4 Å². The van der Waals surface area contributed by atoms with Crippen LogP contribution in [0.1, 0.15) is 22.9 Å². The third-order valence-electron chi connectivity index (χ3n) is 3.89. The number of alkyl halides is 3. The number of halogens is 5. The molecule has 0 unspecified atom stereocenters. The van der Waals surface area contributed by atoms with Crippen LogP contribution < -0.4 is 5.32 Å². The Bertz CT molecular complexity index is 658. The molecule has 1 N–H and O–H groups in total. The molecule has 2 aromatic rings. The predicted octanol–water partition coefficient (Wildman–Crippen LogP) is 4.48. The number of furan rings is 1. The third kappa shape index (κ3) is 4.33. The maximum absolute atomic E-state index is 13.1. The van der Waals surface area contributed by atoms with Crippen LogP contribution >= 0.6 is 28.3 Å². The van der Waals surface area contributed by atoms with Gasteiger partial charge in [-0.1, -0.05) is 15.9 Å². The van der Waals surface area contributed by atoms with Crippen molar-refractivity contribution in [3.05, 3.63) is 58.0 Å². The maximum Gasteiger partial charge on any atom is 0.416 e. The summed E-state index contributed by atoms with van der Waals surface area (Å²) in [5.41, 5.74) is -0.0860. The number of hydrogen-bond acceptors (Lipinski definition) is 3. The minimum Gasteiger partial charge on any atom is -0.467 e. The van der Waals surface area contributed by atoms with Crippen LogP contribution in [0.4, 0.5) is 13.2 Å². The van der Waals surface area contributed by atoms with Crippen molar-refractivity contribution in [2.24, 2.45) is 0 Å². The first-order valence-corrected chi connectivity index (χ1v) is 8.10. The number of hydrogen-bond donors (Lipinski definition) is 1. The van der Waals surface area contributed by atoms with Gasteiger partial charge in [0.1, 0.15) is 5.76 Å². The van der Waals surface area contributed by atoms with Gasteiger partial charge < -0.3 is 9.73 Å². The monoisotopic (exact) mass is 424 g/mol. The van der Waals surface area contributed by atoms with Gasteiger partial charge >= 0.3 is 6.18 Å². The van der Waals surface area contributed by atoms with Crippen LogP contribution in [0.15, 0.2) is 45.5 Å². The van der Waals surface area contributed by atoms with E-state index < -0.39 is 11.7 Å². The van der Waals surface area contributed by atoms with Gasteiger partial charge in [-0.05, 0) is 35.9 Å². The van der Waals surface area contributed by atoms with Crippen LogP contribution in [0, 0.1) is 0 Å². The highest BCUT2D eigenvalue weighted by atomic mass is 79.9. The average Bonchev–Trinajstić information content (AvgIpc) is 3.01. The summed E-state index contributed by atoms with van der Waals surface area (Å²) in [7, 11) is 0.